The zero-order chi connectivity index (χ0) is 79.4. The molecule has 113 heavy (non-hydrogen) atoms. The Hall–Kier alpha value is -11.9. The zero-order valence-electron chi connectivity index (χ0n) is 64.4. The molecule has 30 heteroatoms. The Labute approximate surface area is 654 Å². The van der Waals surface area contributed by atoms with E-state index in [9.17, 15) is 48.3 Å². The molecular weight excluding hydrogens is 1450 g/mol. The number of pyridine rings is 1. The molecule has 1 unspecified atom stereocenters. The maximum absolute atomic E-state index is 14.6. The second-order valence-electron chi connectivity index (χ2n) is 30.1. The third-order valence-electron chi connectivity index (χ3n) is 22.5. The standard InChI is InChI=1S/C83H96N14O16/c1-8-49(4)74(89-77(102)62-20-13-14-31-92(62)73(101)43-86-70(99)42-85-69(98)26-28-72(100)94-44-52-16-9-10-17-56(52)76-75(90-91-97(76)48(2)3)57-18-11-12-19-61(57)94)78(103)88-54-24-21-50(22-25-54)46-113-82(107)96-63-38-68(66(109-6)36-59(63)80(105)95-47-83(29-30-83)39-64(95)81(96)106)112-33-15-32-111-67-37-60-58(35-65(67)108-5)79(104)93-45-53(34-55(93)41-84-60)51-23-27-71(110-7)87-40-51/h9-12,16-19,21-25,27,35-38,40,45,48-49,55,62,64,74,81,84,90-91,106H,8,13-15,20,26,28-34,39,41-44,46-47H2,1-7H3,(H,85,98)(H,86,99)(H,88,103)(H,89,102)/t49-,55-,62+,64-,74-,81?/m0/s1. The summed E-state index contributed by atoms with van der Waals surface area (Å²) in [6.45, 7) is 8.34. The minimum atomic E-state index is -1.50. The molecule has 1 spiro atoms. The predicted octanol–water partition coefficient (Wildman–Crippen LogP) is 8.08. The molecule has 0 radical (unpaired) electrons. The lowest BCUT2D eigenvalue weighted by Gasteiger charge is -2.36. The van der Waals surface area contributed by atoms with Crippen molar-refractivity contribution in [3.63, 3.8) is 0 Å². The number of nitrogens with one attached hydrogen (secondary N) is 7. The molecule has 30 nitrogen and oxygen atoms in total. The number of anilines is 4. The molecule has 8 aliphatic rings. The van der Waals surface area contributed by atoms with E-state index in [1.807, 2.05) is 74.6 Å². The topological polar surface area (TPSA) is 346 Å². The van der Waals surface area contributed by atoms with Crippen LogP contribution in [0.5, 0.6) is 28.9 Å². The number of ether oxygens (including phenoxy) is 6. The first kappa shape index (κ1) is 77.8. The second kappa shape index (κ2) is 33.6. The molecule has 7 aliphatic heterocycles. The molecule has 1 aliphatic carbocycles. The zero-order valence-corrected chi connectivity index (χ0v) is 64.4. The number of rotatable bonds is 26. The number of hydrogen-bond acceptors (Lipinski definition) is 21. The summed E-state index contributed by atoms with van der Waals surface area (Å²) in [5, 5.41) is 28.8. The van der Waals surface area contributed by atoms with E-state index in [0.717, 1.165) is 57.0 Å². The number of methoxy groups -OCH3 is 3. The highest BCUT2D eigenvalue weighted by atomic mass is 16.6. The fourth-order valence-corrected chi connectivity index (χ4v) is 15.9. The number of carbonyl (C=O) groups is 9. The van der Waals surface area contributed by atoms with E-state index in [4.69, 9.17) is 28.4 Å². The lowest BCUT2D eigenvalue weighted by Crippen LogP contribution is -2.58. The first-order chi connectivity index (χ1) is 54.6. The van der Waals surface area contributed by atoms with Crippen LogP contribution in [0, 0.1) is 11.3 Å². The van der Waals surface area contributed by atoms with Gasteiger partial charge < -0.3 is 85.1 Å². The normalized spacial score (nSPS) is 19.5. The maximum Gasteiger partial charge on any atom is 0.416 e. The van der Waals surface area contributed by atoms with Crippen LogP contribution in [-0.4, -0.2) is 187 Å². The van der Waals surface area contributed by atoms with E-state index in [0.29, 0.717) is 104 Å². The quantitative estimate of drug-likeness (QED) is 0.0238. The molecule has 6 aromatic rings. The number of benzene rings is 5. The second-order valence-corrected chi connectivity index (χ2v) is 30.1. The van der Waals surface area contributed by atoms with Gasteiger partial charge in [0.25, 0.3) is 11.8 Å². The van der Waals surface area contributed by atoms with Crippen LogP contribution in [0.15, 0.2) is 122 Å². The number of aliphatic hydroxyl groups excluding tert-OH is 1. The highest BCUT2D eigenvalue weighted by Gasteiger charge is 2.58. The van der Waals surface area contributed by atoms with Gasteiger partial charge in [-0.05, 0) is 129 Å². The summed E-state index contributed by atoms with van der Waals surface area (Å²) in [4.78, 5) is 138. The number of aliphatic hydroxyl groups is 1. The van der Waals surface area contributed by atoms with E-state index in [-0.39, 0.29) is 110 Å². The number of amides is 9. The number of fused-ring (bicyclic) bond motifs is 8. The summed E-state index contributed by atoms with van der Waals surface area (Å²) in [6, 6.07) is 29.5. The van der Waals surface area contributed by atoms with Gasteiger partial charge in [-0.25, -0.2) is 14.7 Å². The van der Waals surface area contributed by atoms with E-state index in [1.165, 1.54) is 31.3 Å². The third-order valence-corrected chi connectivity index (χ3v) is 22.5. The fourth-order valence-electron chi connectivity index (χ4n) is 15.9. The average Bonchev–Trinajstić information content (AvgIpc) is 1.58. The summed E-state index contributed by atoms with van der Waals surface area (Å²) in [6.07, 6.45) is 6.12. The minimum absolute atomic E-state index is 0.0607. The molecule has 0 bridgehead atoms. The van der Waals surface area contributed by atoms with Gasteiger partial charge in [-0.3, -0.25) is 43.4 Å². The van der Waals surface area contributed by atoms with Gasteiger partial charge in [0.15, 0.2) is 29.2 Å². The number of likely N-dealkylation sites (tertiary alicyclic amines) is 1. The number of para-hydroxylation sites is 1. The van der Waals surface area contributed by atoms with Gasteiger partial charge in [0.1, 0.15) is 18.7 Å². The van der Waals surface area contributed by atoms with Gasteiger partial charge in [0, 0.05) is 92.3 Å². The number of carbonyl (C=O) groups excluding carboxylic acids is 9. The van der Waals surface area contributed by atoms with E-state index >= 15 is 0 Å². The molecule has 594 valence electrons. The molecule has 2 saturated heterocycles. The molecule has 6 atom stereocenters. The van der Waals surface area contributed by atoms with Crippen molar-refractivity contribution in [1.82, 2.24) is 51.6 Å². The lowest BCUT2D eigenvalue weighted by molar-refractivity contribution is -0.143. The summed E-state index contributed by atoms with van der Waals surface area (Å²) in [5.41, 5.74) is 15.6. The highest BCUT2D eigenvalue weighted by molar-refractivity contribution is 6.07. The Bertz CT molecular complexity index is 4740. The van der Waals surface area contributed by atoms with Crippen LogP contribution in [0.3, 0.4) is 0 Å². The SMILES string of the molecule is CC[C@H](C)[C@H](NC(=O)[C@H]1CCCCN1C(=O)CNC(=O)CNC(=O)CCC(=O)N1Cc2ccccc2C2=C(NNN2C(C)C)c2ccccc21)C(=O)Nc1ccc(COC(=O)N2c3cc(OCCCOc4cc5c(cc4OC)C(=O)N4C=C(c6ccc(OC)nc6)C[C@H]4CN5)c(OC)cc3C(=O)N3CC4(CC4)C[C@H]3C2O)cc1. The van der Waals surface area contributed by atoms with Gasteiger partial charge in [0.05, 0.1) is 106 Å². The maximum atomic E-state index is 14.6. The van der Waals surface area contributed by atoms with Crippen molar-refractivity contribution in [3.05, 3.63) is 161 Å². The fraction of sp³-hybridized carbons (Fsp3) is 0.422. The summed E-state index contributed by atoms with van der Waals surface area (Å²) >= 11 is 0. The number of hydrogen-bond donors (Lipinski definition) is 8. The number of piperidine rings is 1. The van der Waals surface area contributed by atoms with Crippen molar-refractivity contribution >= 4 is 93.1 Å². The molecule has 9 amide bonds. The van der Waals surface area contributed by atoms with Crippen molar-refractivity contribution in [2.75, 3.05) is 87.7 Å². The monoisotopic (exact) mass is 1540 g/mol. The molecule has 14 rings (SSSR count). The Kier molecular flexibility index (Phi) is 23.1. The van der Waals surface area contributed by atoms with Gasteiger partial charge in [-0.1, -0.05) is 74.9 Å². The Balaban J connectivity index is 0.560. The Morgan fingerprint density at radius 1 is 0.743 bits per heavy atom. The van der Waals surface area contributed by atoms with Crippen LogP contribution < -0.4 is 71.0 Å². The van der Waals surface area contributed by atoms with E-state index in [1.54, 1.807) is 70.5 Å². The molecule has 1 aromatic heterocycles. The minimum Gasteiger partial charge on any atom is -0.493 e. The van der Waals surface area contributed by atoms with Crippen LogP contribution in [0.25, 0.3) is 17.0 Å². The summed E-state index contributed by atoms with van der Waals surface area (Å²) in [5.74, 6) is -2.26. The number of aromatic nitrogens is 1. The molecule has 3 fully saturated rings. The van der Waals surface area contributed by atoms with E-state index < -0.39 is 73.1 Å². The summed E-state index contributed by atoms with van der Waals surface area (Å²) < 4.78 is 35.3. The summed E-state index contributed by atoms with van der Waals surface area (Å²) in [7, 11) is 4.51. The smallest absolute Gasteiger partial charge is 0.416 e. The molecular formula is C83H96N14O16. The lowest BCUT2D eigenvalue weighted by atomic mass is 9.95. The van der Waals surface area contributed by atoms with Gasteiger partial charge >= 0.3 is 6.09 Å². The van der Waals surface area contributed by atoms with Crippen molar-refractivity contribution in [2.45, 2.75) is 148 Å². The molecule has 5 aromatic carbocycles. The van der Waals surface area contributed by atoms with Crippen LogP contribution in [0.4, 0.5) is 27.5 Å². The first-order valence-electron chi connectivity index (χ1n) is 38.6. The molecule has 8 N–H and O–H groups in total. The average molecular weight is 1550 g/mol. The van der Waals surface area contributed by atoms with Crippen LogP contribution in [0.2, 0.25) is 0 Å². The number of hydrazine groups is 2. The predicted molar refractivity (Wildman–Crippen MR) is 418 cm³/mol. The van der Waals surface area contributed by atoms with Crippen molar-refractivity contribution in [3.8, 4) is 28.9 Å². The molecule has 1 saturated carbocycles. The first-order valence-corrected chi connectivity index (χ1v) is 38.6. The van der Waals surface area contributed by atoms with Crippen LogP contribution in [-0.2, 0) is 46.7 Å². The van der Waals surface area contributed by atoms with Crippen LogP contribution in [0.1, 0.15) is 147 Å². The van der Waals surface area contributed by atoms with Gasteiger partial charge in [-0.15, -0.1) is 5.53 Å². The van der Waals surface area contributed by atoms with Gasteiger partial charge in [-0.2, -0.15) is 0 Å². The van der Waals surface area contributed by atoms with Crippen molar-refractivity contribution < 1.29 is 76.7 Å². The largest absolute Gasteiger partial charge is 0.493 e. The van der Waals surface area contributed by atoms with Crippen molar-refractivity contribution in [2.24, 2.45) is 11.3 Å². The van der Waals surface area contributed by atoms with E-state index in [2.05, 4.69) is 61.4 Å². The van der Waals surface area contributed by atoms with Crippen molar-refractivity contribution in [1.29, 1.82) is 0 Å². The third kappa shape index (κ3) is 16.4. The molecule has 8 heterocycles. The van der Waals surface area contributed by atoms with Gasteiger partial charge in [0.2, 0.25) is 41.3 Å². The van der Waals surface area contributed by atoms with Crippen LogP contribution >= 0.6 is 0 Å². The Morgan fingerprint density at radius 3 is 2.19 bits per heavy atom. The Morgan fingerprint density at radius 2 is 1.47 bits per heavy atom. The number of nitrogens with zero attached hydrogens (tertiary/aromatic N) is 7. The highest BCUT2D eigenvalue weighted by Crippen LogP contribution is 2.57.